The number of nitrogens with one attached hydrogen (secondary N) is 1. The zero-order valence-electron chi connectivity index (χ0n) is 14.9. The first kappa shape index (κ1) is 18.4. The Bertz CT molecular complexity index is 792. The van der Waals surface area contributed by atoms with Gasteiger partial charge < -0.3 is 0 Å². The van der Waals surface area contributed by atoms with E-state index in [0.717, 1.165) is 10.6 Å². The van der Waals surface area contributed by atoms with Crippen molar-refractivity contribution in [2.75, 3.05) is 0 Å². The van der Waals surface area contributed by atoms with Crippen LogP contribution in [0.5, 0.6) is 0 Å². The van der Waals surface area contributed by atoms with Crippen molar-refractivity contribution in [3.8, 4) is 0 Å². The van der Waals surface area contributed by atoms with E-state index in [9.17, 15) is 14.4 Å². The fraction of sp³-hybridized carbons (Fsp3) is 0.250. The predicted octanol–water partition coefficient (Wildman–Crippen LogP) is 3.15. The van der Waals surface area contributed by atoms with Crippen LogP contribution in [0.4, 0.5) is 0 Å². The van der Waals surface area contributed by atoms with Crippen LogP contribution in [0.1, 0.15) is 47.1 Å². The molecule has 2 rings (SSSR count). The van der Waals surface area contributed by atoms with Crippen molar-refractivity contribution in [1.29, 1.82) is 0 Å². The van der Waals surface area contributed by atoms with Gasteiger partial charge in [0.25, 0.3) is 11.7 Å². The molecule has 0 atom stereocenters. The molecule has 0 bridgehead atoms. The summed E-state index contributed by atoms with van der Waals surface area (Å²) >= 11 is 0. The van der Waals surface area contributed by atoms with Gasteiger partial charge in [-0.25, -0.2) is 5.01 Å². The lowest BCUT2D eigenvalue weighted by Crippen LogP contribution is -2.57. The maximum Gasteiger partial charge on any atom is 0.313 e. The van der Waals surface area contributed by atoms with Gasteiger partial charge in [0.05, 0.1) is 5.54 Å². The van der Waals surface area contributed by atoms with Crippen molar-refractivity contribution in [2.45, 2.75) is 33.2 Å². The van der Waals surface area contributed by atoms with Crippen LogP contribution in [0.15, 0.2) is 54.6 Å². The molecular weight excluding hydrogens is 316 g/mol. The third kappa shape index (κ3) is 4.53. The maximum atomic E-state index is 12.7. The van der Waals surface area contributed by atoms with Crippen molar-refractivity contribution >= 4 is 17.6 Å². The molecular formula is C20H22N2O3. The summed E-state index contributed by atoms with van der Waals surface area (Å²) in [6, 6.07) is 15.3. The van der Waals surface area contributed by atoms with Crippen LogP contribution < -0.4 is 5.43 Å². The van der Waals surface area contributed by atoms with Gasteiger partial charge in [0, 0.05) is 11.1 Å². The Kier molecular flexibility index (Phi) is 5.37. The number of rotatable bonds is 3. The molecule has 0 heterocycles. The van der Waals surface area contributed by atoms with E-state index in [1.165, 1.54) is 0 Å². The molecule has 5 heteroatoms. The molecule has 130 valence electrons. The molecule has 0 radical (unpaired) electrons. The van der Waals surface area contributed by atoms with Crippen LogP contribution in [-0.2, 0) is 4.79 Å². The van der Waals surface area contributed by atoms with E-state index in [1.54, 1.807) is 69.3 Å². The molecule has 0 aromatic heterocycles. The minimum atomic E-state index is -0.778. The molecule has 0 unspecified atom stereocenters. The van der Waals surface area contributed by atoms with E-state index in [4.69, 9.17) is 0 Å². The van der Waals surface area contributed by atoms with Gasteiger partial charge in [-0.15, -0.1) is 0 Å². The molecule has 0 aliphatic rings. The Balaban J connectivity index is 2.26. The molecule has 0 aliphatic carbocycles. The number of ketones is 1. The molecule has 0 saturated carbocycles. The summed E-state index contributed by atoms with van der Waals surface area (Å²) in [5.74, 6) is -1.88. The SMILES string of the molecule is Cc1cccc(C(=O)NN(C(=O)C(=O)c2ccccc2)C(C)(C)C)c1. The molecule has 2 aromatic rings. The minimum Gasteiger partial charge on any atom is -0.283 e. The van der Waals surface area contributed by atoms with Crippen LogP contribution in [0.25, 0.3) is 0 Å². The van der Waals surface area contributed by atoms with Gasteiger partial charge in [-0.3, -0.25) is 19.8 Å². The maximum absolute atomic E-state index is 12.7. The number of Topliss-reactive ketones (excluding diaryl/α,β-unsaturated/α-hetero) is 1. The van der Waals surface area contributed by atoms with Crippen LogP contribution in [0.2, 0.25) is 0 Å². The van der Waals surface area contributed by atoms with Gasteiger partial charge in [-0.2, -0.15) is 0 Å². The predicted molar refractivity (Wildman–Crippen MR) is 96.0 cm³/mol. The summed E-state index contributed by atoms with van der Waals surface area (Å²) in [4.78, 5) is 37.6. The largest absolute Gasteiger partial charge is 0.313 e. The van der Waals surface area contributed by atoms with Gasteiger partial charge in [-0.05, 0) is 39.8 Å². The summed E-state index contributed by atoms with van der Waals surface area (Å²) < 4.78 is 0. The first-order valence-electron chi connectivity index (χ1n) is 8.02. The van der Waals surface area contributed by atoms with Crippen molar-refractivity contribution in [3.05, 3.63) is 71.3 Å². The zero-order valence-corrected chi connectivity index (χ0v) is 14.9. The topological polar surface area (TPSA) is 66.5 Å². The first-order chi connectivity index (χ1) is 11.7. The number of hydrogen-bond acceptors (Lipinski definition) is 3. The van der Waals surface area contributed by atoms with E-state index < -0.39 is 23.1 Å². The van der Waals surface area contributed by atoms with E-state index in [0.29, 0.717) is 5.56 Å². The monoisotopic (exact) mass is 338 g/mol. The standard InChI is InChI=1S/C20H22N2O3/c1-14-9-8-12-16(13-14)18(24)21-22(20(2,3)4)19(25)17(23)15-10-6-5-7-11-15/h5-13H,1-4H3,(H,21,24). The Morgan fingerprint density at radius 3 is 2.04 bits per heavy atom. The molecule has 0 spiro atoms. The van der Waals surface area contributed by atoms with E-state index in [1.807, 2.05) is 13.0 Å². The first-order valence-corrected chi connectivity index (χ1v) is 8.02. The van der Waals surface area contributed by atoms with Crippen molar-refractivity contribution in [2.24, 2.45) is 0 Å². The third-order valence-corrected chi connectivity index (χ3v) is 3.60. The van der Waals surface area contributed by atoms with Crippen molar-refractivity contribution < 1.29 is 14.4 Å². The Morgan fingerprint density at radius 2 is 1.48 bits per heavy atom. The van der Waals surface area contributed by atoms with Gasteiger partial charge in [0.2, 0.25) is 0 Å². The van der Waals surface area contributed by atoms with Crippen molar-refractivity contribution in [1.82, 2.24) is 10.4 Å². The normalized spacial score (nSPS) is 10.9. The van der Waals surface area contributed by atoms with E-state index >= 15 is 0 Å². The smallest absolute Gasteiger partial charge is 0.283 e. The van der Waals surface area contributed by atoms with Crippen LogP contribution in [0.3, 0.4) is 0 Å². The number of carbonyl (C=O) groups is 3. The average molecular weight is 338 g/mol. The van der Waals surface area contributed by atoms with Crippen LogP contribution in [0, 0.1) is 6.92 Å². The number of amides is 2. The number of hydrazine groups is 1. The molecule has 0 aliphatic heterocycles. The fourth-order valence-electron chi connectivity index (χ4n) is 2.29. The molecule has 2 aromatic carbocycles. The highest BCUT2D eigenvalue weighted by atomic mass is 16.2. The summed E-state index contributed by atoms with van der Waals surface area (Å²) in [5, 5.41) is 1.09. The van der Waals surface area contributed by atoms with Gasteiger partial charge in [-0.1, -0.05) is 48.0 Å². The Morgan fingerprint density at radius 1 is 0.880 bits per heavy atom. The van der Waals surface area contributed by atoms with E-state index in [2.05, 4.69) is 5.43 Å². The summed E-state index contributed by atoms with van der Waals surface area (Å²) in [6.07, 6.45) is 0. The Hall–Kier alpha value is -2.95. The number of hydrogen-bond donors (Lipinski definition) is 1. The Labute approximate surface area is 147 Å². The second-order valence-electron chi connectivity index (χ2n) is 6.82. The second-order valence-corrected chi connectivity index (χ2v) is 6.82. The van der Waals surface area contributed by atoms with Gasteiger partial charge >= 0.3 is 5.91 Å². The molecule has 1 N–H and O–H groups in total. The molecule has 5 nitrogen and oxygen atoms in total. The highest BCUT2D eigenvalue weighted by molar-refractivity contribution is 6.42. The molecule has 25 heavy (non-hydrogen) atoms. The lowest BCUT2D eigenvalue weighted by Gasteiger charge is -2.34. The molecule has 0 saturated heterocycles. The van der Waals surface area contributed by atoms with Gasteiger partial charge in [0.1, 0.15) is 0 Å². The lowest BCUT2D eigenvalue weighted by molar-refractivity contribution is -0.134. The highest BCUT2D eigenvalue weighted by Gasteiger charge is 2.33. The number of aryl methyl sites for hydroxylation is 1. The average Bonchev–Trinajstić information content (AvgIpc) is 2.58. The quantitative estimate of drug-likeness (QED) is 0.531. The van der Waals surface area contributed by atoms with Crippen molar-refractivity contribution in [3.63, 3.8) is 0 Å². The zero-order chi connectivity index (χ0) is 18.6. The van der Waals surface area contributed by atoms with E-state index in [-0.39, 0.29) is 5.56 Å². The second kappa shape index (κ2) is 7.30. The van der Waals surface area contributed by atoms with Crippen LogP contribution in [-0.4, -0.2) is 28.1 Å². The third-order valence-electron chi connectivity index (χ3n) is 3.60. The molecule has 2 amide bonds. The highest BCUT2D eigenvalue weighted by Crippen LogP contribution is 2.14. The molecule has 0 fully saturated rings. The number of benzene rings is 2. The van der Waals surface area contributed by atoms with Crippen LogP contribution >= 0.6 is 0 Å². The number of nitrogens with zero attached hydrogens (tertiary/aromatic N) is 1. The summed E-state index contributed by atoms with van der Waals surface area (Å²) in [7, 11) is 0. The summed E-state index contributed by atoms with van der Waals surface area (Å²) in [5.41, 5.74) is 3.45. The summed E-state index contributed by atoms with van der Waals surface area (Å²) in [6.45, 7) is 7.13. The number of carbonyl (C=O) groups excluding carboxylic acids is 3. The lowest BCUT2D eigenvalue weighted by atomic mass is 10.1. The minimum absolute atomic E-state index is 0.284. The van der Waals surface area contributed by atoms with Gasteiger partial charge in [0.15, 0.2) is 0 Å². The fourth-order valence-corrected chi connectivity index (χ4v) is 2.29.